The molecule has 0 aromatic heterocycles. The Balaban J connectivity index is 3.04. The zero-order valence-corrected chi connectivity index (χ0v) is 11.9. The quantitative estimate of drug-likeness (QED) is 0.362. The van der Waals surface area contributed by atoms with Crippen molar-refractivity contribution in [3.8, 4) is 0 Å². The van der Waals surface area contributed by atoms with Gasteiger partial charge in [-0.15, -0.1) is 0 Å². The van der Waals surface area contributed by atoms with Crippen LogP contribution in [0.15, 0.2) is 65.1 Å². The maximum Gasteiger partial charge on any atom is 0.398 e. The van der Waals surface area contributed by atoms with Crippen LogP contribution in [0.25, 0.3) is 0 Å². The van der Waals surface area contributed by atoms with E-state index in [2.05, 4.69) is 11.6 Å². The second-order valence-corrected chi connectivity index (χ2v) is 4.76. The fraction of sp³-hybridized carbons (Fsp3) is 0.267. The van der Waals surface area contributed by atoms with Gasteiger partial charge in [0.25, 0.3) is 0 Å². The van der Waals surface area contributed by atoms with Crippen molar-refractivity contribution in [2.24, 2.45) is 22.4 Å². The van der Waals surface area contributed by atoms with E-state index < -0.39 is 29.8 Å². The lowest BCUT2D eigenvalue weighted by atomic mass is 10.1. The lowest BCUT2D eigenvalue weighted by molar-refractivity contribution is -0.148. The summed E-state index contributed by atoms with van der Waals surface area (Å²) in [6, 6.07) is -0.477. The third-order valence-corrected chi connectivity index (χ3v) is 2.82. The summed E-state index contributed by atoms with van der Waals surface area (Å²) in [4.78, 5) is 3.68. The number of hydrogen-bond acceptors (Lipinski definition) is 2. The first kappa shape index (κ1) is 17.9. The molecule has 0 bridgehead atoms. The molecule has 0 aromatic carbocycles. The minimum atomic E-state index is -4.45. The van der Waals surface area contributed by atoms with Gasteiger partial charge in [0, 0.05) is 6.04 Å². The largest absolute Gasteiger partial charge is 0.398 e. The molecule has 7 heteroatoms. The molecule has 0 radical (unpaired) electrons. The molecule has 0 heterocycles. The number of alkyl halides is 3. The summed E-state index contributed by atoms with van der Waals surface area (Å²) in [7, 11) is 0. The first-order valence-electron chi connectivity index (χ1n) is 6.40. The van der Waals surface area contributed by atoms with E-state index in [4.69, 9.17) is 11.5 Å². The highest BCUT2D eigenvalue weighted by Gasteiger charge is 2.36. The van der Waals surface area contributed by atoms with Gasteiger partial charge in [0.1, 0.15) is 0 Å². The first-order chi connectivity index (χ1) is 10.1. The number of halogens is 4. The third kappa shape index (κ3) is 5.33. The molecule has 1 rings (SSSR count). The molecule has 0 fully saturated rings. The van der Waals surface area contributed by atoms with Crippen molar-refractivity contribution in [2.75, 3.05) is 0 Å². The molecule has 0 amide bonds. The molecule has 120 valence electrons. The summed E-state index contributed by atoms with van der Waals surface area (Å²) >= 11 is 0. The summed E-state index contributed by atoms with van der Waals surface area (Å²) in [5.74, 6) is -3.25. The van der Waals surface area contributed by atoms with Crippen molar-refractivity contribution in [3.05, 3.63) is 60.1 Å². The Kier molecular flexibility index (Phi) is 5.87. The van der Waals surface area contributed by atoms with E-state index in [0.29, 0.717) is 0 Å². The highest BCUT2D eigenvalue weighted by atomic mass is 19.4. The molecular formula is C15H17F4N3. The van der Waals surface area contributed by atoms with Gasteiger partial charge in [-0.05, 0) is 30.7 Å². The zero-order chi connectivity index (χ0) is 16.9. The van der Waals surface area contributed by atoms with Crippen molar-refractivity contribution in [1.82, 2.24) is 0 Å². The highest BCUT2D eigenvalue weighted by Crippen LogP contribution is 2.30. The van der Waals surface area contributed by atoms with E-state index in [0.717, 1.165) is 18.2 Å². The van der Waals surface area contributed by atoms with Crippen LogP contribution in [0.4, 0.5) is 17.6 Å². The number of rotatable bonds is 4. The Hall–Kier alpha value is -2.15. The lowest BCUT2D eigenvalue weighted by Gasteiger charge is -2.12. The summed E-state index contributed by atoms with van der Waals surface area (Å²) in [6.45, 7) is 5.15. The Morgan fingerprint density at radius 3 is 2.59 bits per heavy atom. The summed E-state index contributed by atoms with van der Waals surface area (Å²) in [5, 5.41) is 0. The van der Waals surface area contributed by atoms with Crippen molar-refractivity contribution < 1.29 is 17.6 Å². The number of amidine groups is 1. The van der Waals surface area contributed by atoms with E-state index in [1.165, 1.54) is 18.2 Å². The molecule has 0 aliphatic heterocycles. The van der Waals surface area contributed by atoms with Crippen molar-refractivity contribution >= 4 is 5.84 Å². The maximum atomic E-state index is 13.8. The van der Waals surface area contributed by atoms with Crippen LogP contribution >= 0.6 is 0 Å². The van der Waals surface area contributed by atoms with Crippen LogP contribution in [0, 0.1) is 5.92 Å². The average Bonchev–Trinajstić information content (AvgIpc) is 2.63. The molecule has 4 N–H and O–H groups in total. The minimum absolute atomic E-state index is 0.0835. The Morgan fingerprint density at radius 2 is 2.05 bits per heavy atom. The van der Waals surface area contributed by atoms with Crippen LogP contribution in [0.5, 0.6) is 0 Å². The minimum Gasteiger partial charge on any atom is -0.381 e. The van der Waals surface area contributed by atoms with Crippen LogP contribution in [0.2, 0.25) is 0 Å². The molecular weight excluding hydrogens is 298 g/mol. The molecule has 0 saturated carbocycles. The fourth-order valence-electron chi connectivity index (χ4n) is 1.47. The smallest absolute Gasteiger partial charge is 0.381 e. The normalized spacial score (nSPS) is 21.4. The van der Waals surface area contributed by atoms with Gasteiger partial charge in [-0.2, -0.15) is 13.2 Å². The topological polar surface area (TPSA) is 64.4 Å². The molecule has 0 aromatic rings. The Labute approximate surface area is 126 Å². The van der Waals surface area contributed by atoms with E-state index >= 15 is 0 Å². The SMILES string of the molecule is C=C(/C=C(/F)C(N)=NC1=CC(C(F)(F)F)C=CC=C1)C(C)N. The van der Waals surface area contributed by atoms with Gasteiger partial charge in [-0.25, -0.2) is 9.38 Å². The van der Waals surface area contributed by atoms with E-state index in [1.807, 2.05) is 0 Å². The number of nitrogens with two attached hydrogens (primary N) is 2. The molecule has 2 unspecified atom stereocenters. The monoisotopic (exact) mass is 315 g/mol. The third-order valence-electron chi connectivity index (χ3n) is 2.82. The standard InChI is InChI=1S/C15H17F4N3/c1-9(10(2)20)7-13(16)14(21)22-12-6-4-3-5-11(8-12)15(17,18)19/h3-8,10-11H,1,20H2,2H3,(H2,21,22)/b13-7+. The molecule has 0 saturated heterocycles. The van der Waals surface area contributed by atoms with Crippen LogP contribution in [0.3, 0.4) is 0 Å². The number of allylic oxidation sites excluding steroid dienone is 5. The van der Waals surface area contributed by atoms with Gasteiger partial charge < -0.3 is 11.5 Å². The van der Waals surface area contributed by atoms with Gasteiger partial charge in [-0.1, -0.05) is 24.8 Å². The van der Waals surface area contributed by atoms with Crippen molar-refractivity contribution in [2.45, 2.75) is 19.1 Å². The Bertz CT molecular complexity index is 578. The van der Waals surface area contributed by atoms with Crippen LogP contribution < -0.4 is 11.5 Å². The first-order valence-corrected chi connectivity index (χ1v) is 6.40. The van der Waals surface area contributed by atoms with Crippen molar-refractivity contribution in [1.29, 1.82) is 0 Å². The number of aliphatic imine (C=N–C) groups is 1. The van der Waals surface area contributed by atoms with E-state index in [9.17, 15) is 17.6 Å². The summed E-state index contributed by atoms with van der Waals surface area (Å²) in [5.41, 5.74) is 11.2. The number of hydrogen-bond donors (Lipinski definition) is 2. The second kappa shape index (κ2) is 7.22. The molecule has 3 nitrogen and oxygen atoms in total. The van der Waals surface area contributed by atoms with Gasteiger partial charge in [0.05, 0.1) is 11.6 Å². The van der Waals surface area contributed by atoms with Crippen LogP contribution in [-0.4, -0.2) is 18.1 Å². The van der Waals surface area contributed by atoms with Crippen LogP contribution in [0.1, 0.15) is 6.92 Å². The predicted molar refractivity (Wildman–Crippen MR) is 79.5 cm³/mol. The fourth-order valence-corrected chi connectivity index (χ4v) is 1.47. The zero-order valence-electron chi connectivity index (χ0n) is 11.9. The molecule has 2 atom stereocenters. The molecule has 22 heavy (non-hydrogen) atoms. The van der Waals surface area contributed by atoms with Crippen molar-refractivity contribution in [3.63, 3.8) is 0 Å². The maximum absolute atomic E-state index is 13.8. The highest BCUT2D eigenvalue weighted by molar-refractivity contribution is 5.96. The summed E-state index contributed by atoms with van der Waals surface area (Å²) in [6.07, 6.45) is 2.32. The summed E-state index contributed by atoms with van der Waals surface area (Å²) < 4.78 is 52.0. The van der Waals surface area contributed by atoms with Crippen LogP contribution in [-0.2, 0) is 0 Å². The molecule has 0 spiro atoms. The van der Waals surface area contributed by atoms with Gasteiger partial charge in [-0.3, -0.25) is 0 Å². The molecule has 1 aliphatic rings. The Morgan fingerprint density at radius 1 is 1.41 bits per heavy atom. The van der Waals surface area contributed by atoms with Gasteiger partial charge >= 0.3 is 6.18 Å². The molecule has 1 aliphatic carbocycles. The van der Waals surface area contributed by atoms with Gasteiger partial charge in [0.2, 0.25) is 0 Å². The second-order valence-electron chi connectivity index (χ2n) is 4.76. The average molecular weight is 315 g/mol. The van der Waals surface area contributed by atoms with E-state index in [-0.39, 0.29) is 11.3 Å². The number of nitrogens with zero attached hydrogens (tertiary/aromatic N) is 1. The lowest BCUT2D eigenvalue weighted by Crippen LogP contribution is -2.19. The van der Waals surface area contributed by atoms with Gasteiger partial charge in [0.15, 0.2) is 11.7 Å². The van der Waals surface area contributed by atoms with E-state index in [1.54, 1.807) is 6.92 Å². The predicted octanol–water partition coefficient (Wildman–Crippen LogP) is 3.29.